The molecule has 7 rings (SSSR count). The Morgan fingerprint density at radius 1 is 0.613 bits per heavy atom. The van der Waals surface area contributed by atoms with E-state index in [1.807, 2.05) is 0 Å². The van der Waals surface area contributed by atoms with Crippen LogP contribution in [0.25, 0.3) is 0 Å². The average molecular weight is 437 g/mol. The van der Waals surface area contributed by atoms with Gasteiger partial charge in [0.1, 0.15) is 0 Å². The molecule has 0 aromatic heterocycles. The molecule has 5 heterocycles. The maximum atomic E-state index is 6.51. The van der Waals surface area contributed by atoms with Gasteiger partial charge in [-0.2, -0.15) is 0 Å². The highest BCUT2D eigenvalue weighted by Crippen LogP contribution is 2.48. The van der Waals surface area contributed by atoms with Gasteiger partial charge < -0.3 is 32.3 Å². The molecule has 0 saturated carbocycles. The van der Waals surface area contributed by atoms with Gasteiger partial charge in [0.15, 0.2) is 11.5 Å². The zero-order chi connectivity index (χ0) is 19.7. The summed E-state index contributed by atoms with van der Waals surface area (Å²) in [4.78, 5) is 5.37. The topological polar surface area (TPSA) is 27.7 Å². The van der Waals surface area contributed by atoms with E-state index in [2.05, 4.69) is 51.5 Å². The molecule has 0 aliphatic carbocycles. The molecule has 164 valence electrons. The lowest BCUT2D eigenvalue weighted by Gasteiger charge is -2.38. The molecule has 4 fully saturated rings. The molecular formula is C26H31ClN3O-. The maximum Gasteiger partial charge on any atom is 0.153 e. The molecule has 5 aliphatic rings. The minimum absolute atomic E-state index is 0. The number of nitrogens with one attached hydrogen (secondary N) is 1. The Kier molecular flexibility index (Phi) is 4.75. The predicted molar refractivity (Wildman–Crippen MR) is 123 cm³/mol. The van der Waals surface area contributed by atoms with Crippen LogP contribution in [0, 0.1) is 0 Å². The summed E-state index contributed by atoms with van der Waals surface area (Å²) >= 11 is 0. The summed E-state index contributed by atoms with van der Waals surface area (Å²) in [6.45, 7) is 0. The second-order valence-electron chi connectivity index (χ2n) is 10.0. The van der Waals surface area contributed by atoms with Crippen LogP contribution in [0.4, 0.5) is 22.7 Å². The highest BCUT2D eigenvalue weighted by atomic mass is 35.5. The molecule has 0 spiro atoms. The first kappa shape index (κ1) is 19.6. The van der Waals surface area contributed by atoms with Gasteiger partial charge in [-0.3, -0.25) is 0 Å². The second-order valence-corrected chi connectivity index (χ2v) is 10.0. The lowest BCUT2D eigenvalue weighted by Crippen LogP contribution is -3.00. The lowest BCUT2D eigenvalue weighted by molar-refractivity contribution is -0.00000641. The number of anilines is 4. The fraction of sp³-hybridized carbons (Fsp3) is 0.538. The van der Waals surface area contributed by atoms with E-state index in [1.54, 1.807) is 0 Å². The van der Waals surface area contributed by atoms with E-state index in [9.17, 15) is 0 Å². The van der Waals surface area contributed by atoms with E-state index in [4.69, 9.17) is 4.74 Å². The predicted octanol–water partition coefficient (Wildman–Crippen LogP) is 3.58. The van der Waals surface area contributed by atoms with Crippen molar-refractivity contribution in [2.75, 3.05) is 15.1 Å². The van der Waals surface area contributed by atoms with Crippen LogP contribution in [0.2, 0.25) is 0 Å². The first-order chi connectivity index (χ1) is 14.8. The van der Waals surface area contributed by atoms with Crippen molar-refractivity contribution in [1.29, 1.82) is 0 Å². The molecular weight excluding hydrogens is 406 g/mol. The van der Waals surface area contributed by atoms with E-state index in [-0.39, 0.29) is 12.4 Å². The minimum Gasteiger partial charge on any atom is -1.00 e. The van der Waals surface area contributed by atoms with Crippen LogP contribution in [0.5, 0.6) is 11.5 Å². The van der Waals surface area contributed by atoms with Crippen molar-refractivity contribution in [2.24, 2.45) is 0 Å². The summed E-state index contributed by atoms with van der Waals surface area (Å²) in [5.41, 5.74) is 4.86. The van der Waals surface area contributed by atoms with Crippen LogP contribution in [0.3, 0.4) is 0 Å². The maximum absolute atomic E-state index is 6.51. The van der Waals surface area contributed by atoms with Crippen LogP contribution in [-0.4, -0.2) is 24.2 Å². The Morgan fingerprint density at radius 3 is 1.45 bits per heavy atom. The Labute approximate surface area is 191 Å². The fourth-order valence-electron chi connectivity index (χ4n) is 7.06. The Hall–Kier alpha value is -2.07. The minimum atomic E-state index is 0. The number of rotatable bonds is 2. The normalized spacial score (nSPS) is 30.1. The third-order valence-electron chi connectivity index (χ3n) is 8.41. The zero-order valence-corrected chi connectivity index (χ0v) is 18.8. The highest BCUT2D eigenvalue weighted by molar-refractivity contribution is 5.79. The highest BCUT2D eigenvalue weighted by Gasteiger charge is 2.38. The standard InChI is InChI=1S/C26H31N3O.ClH/c1-3-17-7-8-18(4-1)28(17)21-11-13-23-25(15-21)30-26-16-22(12-14-24(26)27-23)29-19-5-2-6-20(29)10-9-19;/h11-20,27H,1-10H2;1H/p-1. The number of benzene rings is 2. The number of hydrogen-bond donors (Lipinski definition) is 1. The quantitative estimate of drug-likeness (QED) is 0.664. The first-order valence-electron chi connectivity index (χ1n) is 12.1. The van der Waals surface area contributed by atoms with Gasteiger partial charge in [0, 0.05) is 47.7 Å². The molecule has 4 unspecified atom stereocenters. The summed E-state index contributed by atoms with van der Waals surface area (Å²) in [5, 5.41) is 3.61. The average Bonchev–Trinajstić information content (AvgIpc) is 3.17. The van der Waals surface area contributed by atoms with Gasteiger partial charge >= 0.3 is 0 Å². The van der Waals surface area contributed by atoms with Gasteiger partial charge in [-0.25, -0.2) is 0 Å². The van der Waals surface area contributed by atoms with Gasteiger partial charge in [0.25, 0.3) is 0 Å². The van der Waals surface area contributed by atoms with E-state index < -0.39 is 0 Å². The van der Waals surface area contributed by atoms with Crippen molar-refractivity contribution in [3.05, 3.63) is 36.4 Å². The van der Waals surface area contributed by atoms with Crippen LogP contribution in [0.1, 0.15) is 64.2 Å². The number of fused-ring (bicyclic) bond motifs is 6. The van der Waals surface area contributed by atoms with E-state index in [1.165, 1.54) is 75.6 Å². The monoisotopic (exact) mass is 436 g/mol. The molecule has 1 N–H and O–H groups in total. The largest absolute Gasteiger partial charge is 1.00 e. The van der Waals surface area contributed by atoms with Crippen LogP contribution in [-0.2, 0) is 0 Å². The van der Waals surface area contributed by atoms with Crippen molar-refractivity contribution in [1.82, 2.24) is 0 Å². The molecule has 5 heteroatoms. The van der Waals surface area contributed by atoms with Crippen molar-refractivity contribution < 1.29 is 17.1 Å². The van der Waals surface area contributed by atoms with Gasteiger partial charge in [-0.1, -0.05) is 0 Å². The SMILES string of the molecule is [Cl-].c1cc2c(cc1N1C3CCCC1CC3)Oc1cc(N3C4CCCC3CC4)ccc1N2. The molecule has 4 atom stereocenters. The molecule has 4 saturated heterocycles. The third-order valence-corrected chi connectivity index (χ3v) is 8.41. The summed E-state index contributed by atoms with van der Waals surface area (Å²) in [7, 11) is 0. The van der Waals surface area contributed by atoms with E-state index in [0.29, 0.717) is 0 Å². The van der Waals surface area contributed by atoms with E-state index in [0.717, 1.165) is 47.0 Å². The summed E-state index contributed by atoms with van der Waals surface area (Å²) in [6.07, 6.45) is 13.6. The third kappa shape index (κ3) is 3.09. The molecule has 0 radical (unpaired) electrons. The molecule has 0 amide bonds. The molecule has 31 heavy (non-hydrogen) atoms. The van der Waals surface area contributed by atoms with Crippen LogP contribution >= 0.6 is 0 Å². The molecule has 5 aliphatic heterocycles. The van der Waals surface area contributed by atoms with Crippen LogP contribution < -0.4 is 32.3 Å². The van der Waals surface area contributed by atoms with Gasteiger partial charge in [0.2, 0.25) is 0 Å². The van der Waals surface area contributed by atoms with Gasteiger partial charge in [0.05, 0.1) is 11.4 Å². The first-order valence-corrected chi connectivity index (χ1v) is 12.1. The smallest absolute Gasteiger partial charge is 0.153 e. The zero-order valence-electron chi connectivity index (χ0n) is 18.0. The number of piperidine rings is 2. The molecule has 4 nitrogen and oxygen atoms in total. The number of hydrogen-bond acceptors (Lipinski definition) is 4. The Balaban J connectivity index is 0.00000185. The molecule has 2 aromatic rings. The van der Waals surface area contributed by atoms with Crippen molar-refractivity contribution in [2.45, 2.75) is 88.4 Å². The summed E-state index contributed by atoms with van der Waals surface area (Å²) in [6, 6.07) is 16.5. The summed E-state index contributed by atoms with van der Waals surface area (Å²) in [5.74, 6) is 1.95. The van der Waals surface area contributed by atoms with Gasteiger partial charge in [-0.05, 0) is 88.5 Å². The number of nitrogens with zero attached hydrogens (tertiary/aromatic N) is 2. The van der Waals surface area contributed by atoms with Crippen molar-refractivity contribution >= 4 is 22.7 Å². The Morgan fingerprint density at radius 2 is 1.03 bits per heavy atom. The Bertz CT molecular complexity index is 885. The molecule has 4 bridgehead atoms. The van der Waals surface area contributed by atoms with Crippen molar-refractivity contribution in [3.8, 4) is 11.5 Å². The molecule has 2 aromatic carbocycles. The lowest BCUT2D eigenvalue weighted by atomic mass is 10.0. The summed E-state index contributed by atoms with van der Waals surface area (Å²) < 4.78 is 6.51. The second kappa shape index (κ2) is 7.51. The van der Waals surface area contributed by atoms with Crippen molar-refractivity contribution in [3.63, 3.8) is 0 Å². The van der Waals surface area contributed by atoms with E-state index >= 15 is 0 Å². The number of halogens is 1. The number of ether oxygens (including phenoxy) is 1. The van der Waals surface area contributed by atoms with Crippen LogP contribution in [0.15, 0.2) is 36.4 Å². The van der Waals surface area contributed by atoms with Gasteiger partial charge in [-0.15, -0.1) is 0 Å². The fourth-order valence-corrected chi connectivity index (χ4v) is 7.06.